The van der Waals surface area contributed by atoms with E-state index in [1.54, 1.807) is 75.5 Å². The zero-order valence-corrected chi connectivity index (χ0v) is 22.9. The van der Waals surface area contributed by atoms with E-state index in [9.17, 15) is 13.2 Å². The topological polar surface area (TPSA) is 134 Å². The minimum Gasteiger partial charge on any atom is -0.381 e. The normalized spacial score (nSPS) is 14.6. The molecule has 11 heteroatoms. The van der Waals surface area contributed by atoms with Gasteiger partial charge in [-0.1, -0.05) is 6.07 Å². The molecule has 4 N–H and O–H groups in total. The molecule has 1 aliphatic heterocycles. The van der Waals surface area contributed by atoms with Crippen molar-refractivity contribution in [2.75, 3.05) is 23.8 Å². The van der Waals surface area contributed by atoms with E-state index >= 15 is 0 Å². The van der Waals surface area contributed by atoms with Crippen molar-refractivity contribution in [2.45, 2.75) is 57.0 Å². The van der Waals surface area contributed by atoms with Crippen molar-refractivity contribution >= 4 is 39.1 Å². The number of sulfonamides is 1. The van der Waals surface area contributed by atoms with Gasteiger partial charge in [-0.05, 0) is 83.0 Å². The van der Waals surface area contributed by atoms with E-state index in [1.807, 2.05) is 6.92 Å². The quantitative estimate of drug-likeness (QED) is 0.334. The van der Waals surface area contributed by atoms with Gasteiger partial charge in [-0.2, -0.15) is 4.98 Å². The summed E-state index contributed by atoms with van der Waals surface area (Å²) in [7, 11) is -3.68. The fraction of sp³-hybridized carbons (Fsp3) is 0.370. The minimum absolute atomic E-state index is 0.108. The molecular formula is C27H34N6O4S. The molecule has 0 bridgehead atoms. The van der Waals surface area contributed by atoms with Crippen LogP contribution in [-0.4, -0.2) is 49.1 Å². The van der Waals surface area contributed by atoms with Gasteiger partial charge in [-0.15, -0.1) is 0 Å². The lowest BCUT2D eigenvalue weighted by molar-refractivity contribution is 0.0696. The summed E-state index contributed by atoms with van der Waals surface area (Å²) in [4.78, 5) is 21.6. The Hall–Kier alpha value is -3.54. The van der Waals surface area contributed by atoms with Crippen molar-refractivity contribution in [3.63, 3.8) is 0 Å². The summed E-state index contributed by atoms with van der Waals surface area (Å²) in [5, 5.41) is 9.39. The van der Waals surface area contributed by atoms with Crippen molar-refractivity contribution in [3.05, 3.63) is 65.9 Å². The number of ether oxygens (including phenoxy) is 1. The number of hydrogen-bond acceptors (Lipinski definition) is 8. The zero-order chi connectivity index (χ0) is 27.3. The number of carbonyl (C=O) groups excluding carboxylic acids is 1. The maximum absolute atomic E-state index is 12.7. The lowest BCUT2D eigenvalue weighted by Gasteiger charge is -2.23. The van der Waals surface area contributed by atoms with Gasteiger partial charge in [0, 0.05) is 53.5 Å². The molecule has 0 saturated carbocycles. The van der Waals surface area contributed by atoms with Crippen LogP contribution in [0.5, 0.6) is 0 Å². The Balaban J connectivity index is 1.44. The first-order valence-electron chi connectivity index (χ1n) is 12.5. The van der Waals surface area contributed by atoms with Gasteiger partial charge in [-0.3, -0.25) is 4.79 Å². The van der Waals surface area contributed by atoms with Crippen LogP contribution in [0.4, 0.5) is 23.1 Å². The van der Waals surface area contributed by atoms with Crippen LogP contribution in [0.25, 0.3) is 0 Å². The maximum atomic E-state index is 12.7. The molecule has 4 rings (SSSR count). The number of nitrogens with one attached hydrogen (secondary N) is 4. The molecule has 38 heavy (non-hydrogen) atoms. The Kier molecular flexibility index (Phi) is 8.29. The predicted molar refractivity (Wildman–Crippen MR) is 148 cm³/mol. The molecule has 0 unspecified atom stereocenters. The van der Waals surface area contributed by atoms with E-state index < -0.39 is 15.6 Å². The molecule has 202 valence electrons. The second-order valence-electron chi connectivity index (χ2n) is 10.3. The molecule has 2 heterocycles. The fourth-order valence-electron chi connectivity index (χ4n) is 3.91. The summed E-state index contributed by atoms with van der Waals surface area (Å²) in [6.45, 7) is 8.57. The molecule has 2 aromatic carbocycles. The monoisotopic (exact) mass is 538 g/mol. The summed E-state index contributed by atoms with van der Waals surface area (Å²) in [5.74, 6) is 0.785. The largest absolute Gasteiger partial charge is 0.381 e. The third kappa shape index (κ3) is 7.50. The Morgan fingerprint density at radius 1 is 1.00 bits per heavy atom. The van der Waals surface area contributed by atoms with Gasteiger partial charge in [-0.25, -0.2) is 18.1 Å². The molecule has 1 aromatic heterocycles. The summed E-state index contributed by atoms with van der Waals surface area (Å²) in [6.07, 6.45) is 3.32. The fourth-order valence-corrected chi connectivity index (χ4v) is 5.38. The van der Waals surface area contributed by atoms with Crippen LogP contribution in [0.1, 0.15) is 49.5 Å². The van der Waals surface area contributed by atoms with Gasteiger partial charge < -0.3 is 20.7 Å². The number of carbonyl (C=O) groups is 1. The van der Waals surface area contributed by atoms with E-state index in [-0.39, 0.29) is 16.8 Å². The van der Waals surface area contributed by atoms with E-state index in [4.69, 9.17) is 4.74 Å². The first kappa shape index (κ1) is 27.5. The molecule has 10 nitrogen and oxygen atoms in total. The van der Waals surface area contributed by atoms with Crippen LogP contribution in [0.3, 0.4) is 0 Å². The summed E-state index contributed by atoms with van der Waals surface area (Å²) in [6, 6.07) is 13.8. The first-order chi connectivity index (χ1) is 18.0. The maximum Gasteiger partial charge on any atom is 0.251 e. The van der Waals surface area contributed by atoms with E-state index in [0.29, 0.717) is 36.2 Å². The van der Waals surface area contributed by atoms with Crippen molar-refractivity contribution in [1.29, 1.82) is 0 Å². The number of nitrogens with zero attached hydrogens (tertiary/aromatic N) is 2. The molecule has 3 aromatic rings. The van der Waals surface area contributed by atoms with Gasteiger partial charge in [0.05, 0.1) is 4.90 Å². The number of amides is 1. The highest BCUT2D eigenvalue weighted by Gasteiger charge is 2.22. The molecule has 0 radical (unpaired) electrons. The Morgan fingerprint density at radius 2 is 1.71 bits per heavy atom. The van der Waals surface area contributed by atoms with Gasteiger partial charge in [0.25, 0.3) is 5.91 Å². The predicted octanol–water partition coefficient (Wildman–Crippen LogP) is 4.26. The standard InChI is InChI=1S/C27H34N6O4S/c1-18-17-28-26(31-20-10-8-19(9-11-20)25(34)30-21-12-14-37-15-13-21)32-24(18)29-22-6-5-7-23(16-22)38(35,36)33-27(2,3)4/h5-11,16-17,21,33H,12-15H2,1-4H3,(H,30,34)(H2,28,29,31,32). The smallest absolute Gasteiger partial charge is 0.251 e. The highest BCUT2D eigenvalue weighted by molar-refractivity contribution is 7.89. The zero-order valence-electron chi connectivity index (χ0n) is 22.0. The molecular weight excluding hydrogens is 504 g/mol. The van der Waals surface area contributed by atoms with Crippen LogP contribution < -0.4 is 20.7 Å². The molecule has 1 amide bonds. The lowest BCUT2D eigenvalue weighted by atomic mass is 10.1. The van der Waals surface area contributed by atoms with Crippen molar-refractivity contribution in [2.24, 2.45) is 0 Å². The third-order valence-electron chi connectivity index (χ3n) is 5.78. The van der Waals surface area contributed by atoms with Gasteiger partial charge in [0.15, 0.2) is 0 Å². The first-order valence-corrected chi connectivity index (χ1v) is 14.0. The van der Waals surface area contributed by atoms with Crippen molar-refractivity contribution < 1.29 is 17.9 Å². The average Bonchev–Trinajstić information content (AvgIpc) is 2.86. The molecule has 1 saturated heterocycles. The molecule has 1 fully saturated rings. The Bertz CT molecular complexity index is 1380. The molecule has 0 atom stereocenters. The average molecular weight is 539 g/mol. The Labute approximate surface area is 223 Å². The molecule has 0 spiro atoms. The number of hydrogen-bond donors (Lipinski definition) is 4. The highest BCUT2D eigenvalue weighted by Crippen LogP contribution is 2.24. The SMILES string of the molecule is Cc1cnc(Nc2ccc(C(=O)NC3CCOCC3)cc2)nc1Nc1cccc(S(=O)(=O)NC(C)(C)C)c1. The van der Waals surface area contributed by atoms with Crippen LogP contribution in [0.2, 0.25) is 0 Å². The van der Waals surface area contributed by atoms with Crippen molar-refractivity contribution in [1.82, 2.24) is 20.0 Å². The lowest BCUT2D eigenvalue weighted by Crippen LogP contribution is -2.40. The van der Waals surface area contributed by atoms with Gasteiger partial charge >= 0.3 is 0 Å². The second-order valence-corrected chi connectivity index (χ2v) is 12.0. The summed E-state index contributed by atoms with van der Waals surface area (Å²) in [5.41, 5.74) is 2.07. The summed E-state index contributed by atoms with van der Waals surface area (Å²) >= 11 is 0. The van der Waals surface area contributed by atoms with Crippen molar-refractivity contribution in [3.8, 4) is 0 Å². The number of aromatic nitrogens is 2. The third-order valence-corrected chi connectivity index (χ3v) is 7.53. The van der Waals surface area contributed by atoms with E-state index in [0.717, 1.165) is 24.1 Å². The highest BCUT2D eigenvalue weighted by atomic mass is 32.2. The van der Waals surface area contributed by atoms with Crippen LogP contribution in [0, 0.1) is 6.92 Å². The van der Waals surface area contributed by atoms with Gasteiger partial charge in [0.1, 0.15) is 5.82 Å². The second kappa shape index (κ2) is 11.5. The van der Waals surface area contributed by atoms with E-state index in [2.05, 4.69) is 30.6 Å². The minimum atomic E-state index is -3.68. The molecule has 1 aliphatic rings. The van der Waals surface area contributed by atoms with Crippen LogP contribution in [-0.2, 0) is 14.8 Å². The van der Waals surface area contributed by atoms with Crippen LogP contribution >= 0.6 is 0 Å². The van der Waals surface area contributed by atoms with Gasteiger partial charge in [0.2, 0.25) is 16.0 Å². The number of benzene rings is 2. The summed E-state index contributed by atoms with van der Waals surface area (Å²) < 4.78 is 33.5. The number of aryl methyl sites for hydroxylation is 1. The van der Waals surface area contributed by atoms with E-state index in [1.165, 1.54) is 0 Å². The van der Waals surface area contributed by atoms with Crippen LogP contribution in [0.15, 0.2) is 59.6 Å². The molecule has 0 aliphatic carbocycles. The Morgan fingerprint density at radius 3 is 2.39 bits per heavy atom. The number of rotatable bonds is 8. The number of anilines is 4.